The number of carbonyl (C=O) groups is 1. The minimum Gasteiger partial charge on any atom is -0.339 e. The van der Waals surface area contributed by atoms with E-state index in [0.29, 0.717) is 13.1 Å². The molecule has 2 aliphatic heterocycles. The number of likely N-dealkylation sites (N-methyl/N-ethyl adjacent to an activating group) is 1. The second-order valence-electron chi connectivity index (χ2n) is 8.40. The van der Waals surface area contributed by atoms with E-state index in [4.69, 9.17) is 0 Å². The SMILES string of the molecule is Cc1cc(CN2CCC3(CC2)c2ccc(C(=O)C(F)(F)F)n2CCN3C)ccc1Br. The van der Waals surface area contributed by atoms with Crippen LogP contribution < -0.4 is 0 Å². The van der Waals surface area contributed by atoms with Gasteiger partial charge in [-0.3, -0.25) is 14.6 Å². The summed E-state index contributed by atoms with van der Waals surface area (Å²) >= 11 is 3.53. The van der Waals surface area contributed by atoms with Crippen LogP contribution in [-0.2, 0) is 18.6 Å². The van der Waals surface area contributed by atoms with Crippen molar-refractivity contribution in [3.05, 3.63) is 57.3 Å². The lowest BCUT2D eigenvalue weighted by molar-refractivity contribution is -0.0892. The molecule has 0 radical (unpaired) electrons. The van der Waals surface area contributed by atoms with Gasteiger partial charge in [-0.1, -0.05) is 28.1 Å². The average molecular weight is 484 g/mol. The van der Waals surface area contributed by atoms with Gasteiger partial charge in [-0.2, -0.15) is 13.2 Å². The fraction of sp³-hybridized carbons (Fsp3) is 0.500. The Balaban J connectivity index is 1.54. The van der Waals surface area contributed by atoms with Crippen LogP contribution in [0.5, 0.6) is 0 Å². The fourth-order valence-corrected chi connectivity index (χ4v) is 5.15. The van der Waals surface area contributed by atoms with E-state index in [2.05, 4.69) is 50.9 Å². The number of carbonyl (C=O) groups excluding carboxylic acids is 1. The minimum atomic E-state index is -4.85. The molecule has 4 nitrogen and oxygen atoms in total. The highest BCUT2D eigenvalue weighted by Gasteiger charge is 2.47. The van der Waals surface area contributed by atoms with Crippen LogP contribution in [0.3, 0.4) is 0 Å². The van der Waals surface area contributed by atoms with E-state index in [1.165, 1.54) is 17.2 Å². The Morgan fingerprint density at radius 1 is 1.10 bits per heavy atom. The number of fused-ring (bicyclic) bond motifs is 2. The molecule has 1 aromatic carbocycles. The molecule has 0 atom stereocenters. The topological polar surface area (TPSA) is 28.5 Å². The lowest BCUT2D eigenvalue weighted by Crippen LogP contribution is -2.56. The number of nitrogens with zero attached hydrogens (tertiary/aromatic N) is 3. The first-order valence-corrected chi connectivity index (χ1v) is 10.9. The largest absolute Gasteiger partial charge is 0.456 e. The highest BCUT2D eigenvalue weighted by atomic mass is 79.9. The van der Waals surface area contributed by atoms with Gasteiger partial charge >= 0.3 is 6.18 Å². The van der Waals surface area contributed by atoms with Crippen molar-refractivity contribution in [3.63, 3.8) is 0 Å². The van der Waals surface area contributed by atoms with Crippen molar-refractivity contribution in [1.29, 1.82) is 0 Å². The fourth-order valence-electron chi connectivity index (χ4n) is 4.90. The molecule has 8 heteroatoms. The first kappa shape index (κ1) is 21.6. The third kappa shape index (κ3) is 3.74. The number of Topliss-reactive ketones (excluding diaryl/α,β-unsaturated/α-hetero) is 1. The summed E-state index contributed by atoms with van der Waals surface area (Å²) in [5, 5.41) is 0. The van der Waals surface area contributed by atoms with Gasteiger partial charge in [0.2, 0.25) is 0 Å². The summed E-state index contributed by atoms with van der Waals surface area (Å²) in [6, 6.07) is 9.44. The zero-order chi connectivity index (χ0) is 21.7. The summed E-state index contributed by atoms with van der Waals surface area (Å²) < 4.78 is 41.8. The van der Waals surface area contributed by atoms with Crippen molar-refractivity contribution in [1.82, 2.24) is 14.4 Å². The Hall–Kier alpha value is -1.64. The van der Waals surface area contributed by atoms with E-state index in [1.54, 1.807) is 10.6 Å². The molecule has 0 unspecified atom stereocenters. The number of hydrogen-bond donors (Lipinski definition) is 0. The van der Waals surface area contributed by atoms with Gasteiger partial charge in [-0.25, -0.2) is 0 Å². The smallest absolute Gasteiger partial charge is 0.339 e. The number of hydrogen-bond acceptors (Lipinski definition) is 3. The lowest BCUT2D eigenvalue weighted by atomic mass is 9.81. The van der Waals surface area contributed by atoms with Crippen LogP contribution in [0.1, 0.15) is 40.2 Å². The van der Waals surface area contributed by atoms with Gasteiger partial charge in [-0.15, -0.1) is 0 Å². The van der Waals surface area contributed by atoms with Crippen molar-refractivity contribution in [2.24, 2.45) is 0 Å². The number of piperidine rings is 1. The molecule has 1 aromatic heterocycles. The zero-order valence-electron chi connectivity index (χ0n) is 17.1. The zero-order valence-corrected chi connectivity index (χ0v) is 18.7. The van der Waals surface area contributed by atoms with Crippen molar-refractivity contribution in [2.75, 3.05) is 26.7 Å². The molecular formula is C22H25BrF3N3O. The Labute approximate surface area is 182 Å². The predicted molar refractivity (Wildman–Crippen MR) is 113 cm³/mol. The summed E-state index contributed by atoms with van der Waals surface area (Å²) in [6.07, 6.45) is -3.21. The van der Waals surface area contributed by atoms with Crippen molar-refractivity contribution >= 4 is 21.7 Å². The maximum absolute atomic E-state index is 13.0. The normalized spacial score (nSPS) is 19.8. The molecule has 1 fully saturated rings. The molecule has 0 aliphatic carbocycles. The number of aryl methyl sites for hydroxylation is 1. The number of aromatic nitrogens is 1. The van der Waals surface area contributed by atoms with Crippen LogP contribution in [0.2, 0.25) is 0 Å². The summed E-state index contributed by atoms with van der Waals surface area (Å²) in [4.78, 5) is 16.5. The molecule has 1 spiro atoms. The van der Waals surface area contributed by atoms with Crippen LogP contribution in [0, 0.1) is 6.92 Å². The number of ketones is 1. The van der Waals surface area contributed by atoms with E-state index in [1.807, 2.05) is 7.05 Å². The van der Waals surface area contributed by atoms with Gasteiger partial charge in [-0.05, 0) is 56.1 Å². The molecule has 162 valence electrons. The van der Waals surface area contributed by atoms with Crippen LogP contribution in [-0.4, -0.2) is 53.0 Å². The predicted octanol–water partition coefficient (Wildman–Crippen LogP) is 4.74. The number of rotatable bonds is 3. The quantitative estimate of drug-likeness (QED) is 0.590. The van der Waals surface area contributed by atoms with Gasteiger partial charge in [0.15, 0.2) is 0 Å². The molecule has 1 saturated heterocycles. The third-order valence-corrected chi connectivity index (χ3v) is 7.54. The van der Waals surface area contributed by atoms with Gasteiger partial charge < -0.3 is 4.57 Å². The molecule has 0 N–H and O–H groups in total. The van der Waals surface area contributed by atoms with Crippen molar-refractivity contribution < 1.29 is 18.0 Å². The molecule has 2 aromatic rings. The third-order valence-electron chi connectivity index (χ3n) is 6.65. The molecule has 4 rings (SSSR count). The Morgan fingerprint density at radius 3 is 2.43 bits per heavy atom. The molecule has 3 heterocycles. The van der Waals surface area contributed by atoms with E-state index in [-0.39, 0.29) is 11.2 Å². The highest BCUT2D eigenvalue weighted by molar-refractivity contribution is 9.10. The first-order chi connectivity index (χ1) is 14.1. The van der Waals surface area contributed by atoms with Crippen LogP contribution in [0.4, 0.5) is 13.2 Å². The van der Waals surface area contributed by atoms with E-state index >= 15 is 0 Å². The maximum atomic E-state index is 13.0. The van der Waals surface area contributed by atoms with E-state index in [9.17, 15) is 18.0 Å². The summed E-state index contributed by atoms with van der Waals surface area (Å²) in [5.74, 6) is -1.75. The number of alkyl halides is 3. The summed E-state index contributed by atoms with van der Waals surface area (Å²) in [5.41, 5.74) is 2.73. The van der Waals surface area contributed by atoms with Crippen molar-refractivity contribution in [2.45, 2.75) is 44.6 Å². The maximum Gasteiger partial charge on any atom is 0.456 e. The molecule has 2 aliphatic rings. The second kappa shape index (κ2) is 7.80. The Morgan fingerprint density at radius 2 is 1.80 bits per heavy atom. The van der Waals surface area contributed by atoms with Crippen molar-refractivity contribution in [3.8, 4) is 0 Å². The minimum absolute atomic E-state index is 0.238. The lowest BCUT2D eigenvalue weighted by Gasteiger charge is -2.50. The number of likely N-dealkylation sites (tertiary alicyclic amines) is 1. The first-order valence-electron chi connectivity index (χ1n) is 10.1. The van der Waals surface area contributed by atoms with E-state index < -0.39 is 12.0 Å². The summed E-state index contributed by atoms with van der Waals surface area (Å²) in [6.45, 7) is 5.67. The second-order valence-corrected chi connectivity index (χ2v) is 9.25. The molecule has 30 heavy (non-hydrogen) atoms. The molecule has 0 bridgehead atoms. The summed E-state index contributed by atoms with van der Waals surface area (Å²) in [7, 11) is 2.04. The van der Waals surface area contributed by atoms with Gasteiger partial charge in [0.1, 0.15) is 0 Å². The van der Waals surface area contributed by atoms with Gasteiger partial charge in [0.05, 0.1) is 11.2 Å². The Kier molecular flexibility index (Phi) is 5.61. The highest BCUT2D eigenvalue weighted by Crippen LogP contribution is 2.42. The van der Waals surface area contributed by atoms with Crippen LogP contribution >= 0.6 is 15.9 Å². The van der Waals surface area contributed by atoms with E-state index in [0.717, 1.165) is 42.6 Å². The average Bonchev–Trinajstić information content (AvgIpc) is 3.13. The molecule has 0 saturated carbocycles. The van der Waals surface area contributed by atoms with Gasteiger partial charge in [0.25, 0.3) is 5.78 Å². The number of halogens is 4. The monoisotopic (exact) mass is 483 g/mol. The molecular weight excluding hydrogens is 459 g/mol. The van der Waals surface area contributed by atoms with Crippen LogP contribution in [0.25, 0.3) is 0 Å². The number of benzene rings is 1. The van der Waals surface area contributed by atoms with Gasteiger partial charge in [0, 0.05) is 42.9 Å². The standard InChI is InChI=1S/C22H25BrF3N3O/c1-15-13-16(3-4-17(15)23)14-28-9-7-21(8-10-28)19-6-5-18(20(30)22(24,25)26)29(19)12-11-27(21)2/h3-6,13H,7-12,14H2,1-2H3. The Bertz CT molecular complexity index is 961. The molecule has 0 amide bonds. The van der Waals surface area contributed by atoms with Crippen LogP contribution in [0.15, 0.2) is 34.8 Å².